The summed E-state index contributed by atoms with van der Waals surface area (Å²) in [7, 11) is 0. The first-order valence-corrected chi connectivity index (χ1v) is 9.03. The summed E-state index contributed by atoms with van der Waals surface area (Å²) in [5.74, 6) is -0.234. The highest BCUT2D eigenvalue weighted by molar-refractivity contribution is 6.37. The number of halogens is 2. The summed E-state index contributed by atoms with van der Waals surface area (Å²) in [6.45, 7) is 6.96. The standard InChI is InChI=1S/C17H10Cl2N6O4/c1-20-13-15(27)21-17(28)25(24-13)7-5-10(18)12(11(19)6-7)29-16-9-4-2-3-8(9)14(26)22-23-16/h5-6H,2-4H2,(H,22,26)(H,21,27,28). The van der Waals surface area contributed by atoms with Gasteiger partial charge in [0.25, 0.3) is 11.1 Å². The molecule has 12 heteroatoms. The number of benzene rings is 1. The number of nitrogens with zero attached hydrogens (tertiary/aromatic N) is 4. The predicted octanol–water partition coefficient (Wildman–Crippen LogP) is 2.14. The summed E-state index contributed by atoms with van der Waals surface area (Å²) in [6, 6.07) is 2.68. The molecule has 0 atom stereocenters. The van der Waals surface area contributed by atoms with Crippen LogP contribution in [0.3, 0.4) is 0 Å². The molecular formula is C17H10Cl2N6O4. The fourth-order valence-corrected chi connectivity index (χ4v) is 3.61. The topological polar surface area (TPSA) is 127 Å². The van der Waals surface area contributed by atoms with E-state index in [1.54, 1.807) is 0 Å². The van der Waals surface area contributed by atoms with Gasteiger partial charge in [0.1, 0.15) is 0 Å². The molecule has 1 aliphatic carbocycles. The van der Waals surface area contributed by atoms with E-state index in [4.69, 9.17) is 34.5 Å². The number of rotatable bonds is 3. The molecule has 3 aromatic rings. The van der Waals surface area contributed by atoms with E-state index in [2.05, 4.69) is 20.1 Å². The molecular weight excluding hydrogens is 423 g/mol. The van der Waals surface area contributed by atoms with E-state index in [0.717, 1.165) is 11.1 Å². The number of hydrogen-bond acceptors (Lipinski definition) is 6. The molecule has 0 bridgehead atoms. The quantitative estimate of drug-likeness (QED) is 0.610. The molecule has 146 valence electrons. The highest BCUT2D eigenvalue weighted by atomic mass is 35.5. The van der Waals surface area contributed by atoms with Crippen molar-refractivity contribution >= 4 is 29.0 Å². The van der Waals surface area contributed by atoms with Crippen molar-refractivity contribution in [1.29, 1.82) is 0 Å². The summed E-state index contributed by atoms with van der Waals surface area (Å²) in [5.41, 5.74) is -0.561. The molecule has 4 rings (SSSR count). The van der Waals surface area contributed by atoms with Crippen LogP contribution in [-0.2, 0) is 12.8 Å². The number of H-pyrrole nitrogens is 2. The Morgan fingerprint density at radius 2 is 1.79 bits per heavy atom. The molecule has 29 heavy (non-hydrogen) atoms. The number of aromatic amines is 2. The second-order valence-corrected chi connectivity index (χ2v) is 6.93. The van der Waals surface area contributed by atoms with E-state index in [1.165, 1.54) is 12.1 Å². The van der Waals surface area contributed by atoms with Crippen LogP contribution in [0.25, 0.3) is 10.5 Å². The molecule has 0 saturated carbocycles. The van der Waals surface area contributed by atoms with Crippen LogP contribution >= 0.6 is 23.2 Å². The van der Waals surface area contributed by atoms with Gasteiger partial charge in [-0.25, -0.2) is 9.89 Å². The van der Waals surface area contributed by atoms with Gasteiger partial charge in [-0.1, -0.05) is 29.8 Å². The van der Waals surface area contributed by atoms with Crippen LogP contribution in [0.2, 0.25) is 10.0 Å². The molecule has 0 radical (unpaired) electrons. The highest BCUT2D eigenvalue weighted by Crippen LogP contribution is 2.39. The van der Waals surface area contributed by atoms with Gasteiger partial charge in [-0.15, -0.1) is 9.78 Å². The van der Waals surface area contributed by atoms with E-state index in [0.29, 0.717) is 24.0 Å². The molecule has 2 N–H and O–H groups in total. The smallest absolute Gasteiger partial charge is 0.365 e. The second kappa shape index (κ2) is 7.20. The van der Waals surface area contributed by atoms with Crippen molar-refractivity contribution in [1.82, 2.24) is 25.0 Å². The molecule has 1 aliphatic rings. The van der Waals surface area contributed by atoms with E-state index >= 15 is 0 Å². The van der Waals surface area contributed by atoms with Gasteiger partial charge in [0.2, 0.25) is 5.88 Å². The first-order valence-electron chi connectivity index (χ1n) is 8.28. The van der Waals surface area contributed by atoms with E-state index < -0.39 is 17.1 Å². The van der Waals surface area contributed by atoms with Gasteiger partial charge in [-0.3, -0.25) is 14.6 Å². The number of fused-ring (bicyclic) bond motifs is 1. The summed E-state index contributed by atoms with van der Waals surface area (Å²) < 4.78 is 6.56. The van der Waals surface area contributed by atoms with Crippen molar-refractivity contribution in [3.8, 4) is 17.3 Å². The minimum Gasteiger partial charge on any atom is -0.434 e. The fourth-order valence-electron chi connectivity index (χ4n) is 3.05. The molecule has 2 aromatic heterocycles. The Morgan fingerprint density at radius 3 is 2.48 bits per heavy atom. The zero-order valence-corrected chi connectivity index (χ0v) is 16.0. The summed E-state index contributed by atoms with van der Waals surface area (Å²) in [6.07, 6.45) is 2.09. The lowest BCUT2D eigenvalue weighted by molar-refractivity contribution is 0.448. The Bertz CT molecular complexity index is 1350. The minimum absolute atomic E-state index is 0.0384. The van der Waals surface area contributed by atoms with Crippen LogP contribution in [0.5, 0.6) is 11.6 Å². The third-order valence-corrected chi connectivity index (χ3v) is 4.91. The third kappa shape index (κ3) is 3.30. The van der Waals surface area contributed by atoms with Gasteiger partial charge in [-0.05, 0) is 36.5 Å². The first-order chi connectivity index (χ1) is 13.9. The van der Waals surface area contributed by atoms with Gasteiger partial charge >= 0.3 is 11.5 Å². The van der Waals surface area contributed by atoms with Crippen LogP contribution in [0.4, 0.5) is 5.82 Å². The van der Waals surface area contributed by atoms with Crippen LogP contribution in [0.15, 0.2) is 26.5 Å². The zero-order chi connectivity index (χ0) is 20.7. The van der Waals surface area contributed by atoms with Crippen LogP contribution < -0.4 is 21.5 Å². The molecule has 0 spiro atoms. The van der Waals surface area contributed by atoms with Gasteiger partial charge in [0.15, 0.2) is 5.75 Å². The Kier molecular flexibility index (Phi) is 4.70. The molecule has 0 saturated heterocycles. The zero-order valence-electron chi connectivity index (χ0n) is 14.5. The van der Waals surface area contributed by atoms with Crippen molar-refractivity contribution in [3.63, 3.8) is 0 Å². The Balaban J connectivity index is 1.78. The van der Waals surface area contributed by atoms with E-state index in [1.807, 2.05) is 4.98 Å². The largest absolute Gasteiger partial charge is 0.434 e. The molecule has 0 unspecified atom stereocenters. The third-order valence-electron chi connectivity index (χ3n) is 4.35. The minimum atomic E-state index is -0.892. The molecule has 0 amide bonds. The SMILES string of the molecule is [C-]#[N+]c1nn(-c2cc(Cl)c(Oc3n[nH]c(=O)c4c3CCC4)c(Cl)c2)c(=O)[nH]c1=O. The average Bonchev–Trinajstić information content (AvgIpc) is 3.17. The average molecular weight is 433 g/mol. The number of aromatic nitrogens is 5. The normalized spacial score (nSPS) is 12.4. The fraction of sp³-hybridized carbons (Fsp3) is 0.176. The molecule has 2 heterocycles. The second-order valence-electron chi connectivity index (χ2n) is 6.12. The summed E-state index contributed by atoms with van der Waals surface area (Å²) >= 11 is 12.6. The Labute approximate surface area is 171 Å². The van der Waals surface area contributed by atoms with Gasteiger partial charge < -0.3 is 9.58 Å². The van der Waals surface area contributed by atoms with Crippen molar-refractivity contribution in [2.75, 3.05) is 0 Å². The molecule has 0 fully saturated rings. The maximum Gasteiger partial charge on any atom is 0.365 e. The Morgan fingerprint density at radius 1 is 1.10 bits per heavy atom. The predicted molar refractivity (Wildman–Crippen MR) is 104 cm³/mol. The van der Waals surface area contributed by atoms with Crippen LogP contribution in [-0.4, -0.2) is 25.0 Å². The summed E-state index contributed by atoms with van der Waals surface area (Å²) in [4.78, 5) is 40.4. The number of nitrogens with one attached hydrogen (secondary N) is 2. The van der Waals surface area contributed by atoms with Crippen LogP contribution in [0.1, 0.15) is 17.5 Å². The van der Waals surface area contributed by atoms with E-state index in [-0.39, 0.29) is 32.9 Å². The Hall–Kier alpha value is -3.42. The molecule has 1 aromatic carbocycles. The lowest BCUT2D eigenvalue weighted by atomic mass is 10.2. The molecule has 10 nitrogen and oxygen atoms in total. The van der Waals surface area contributed by atoms with Crippen molar-refractivity contribution in [2.45, 2.75) is 19.3 Å². The summed E-state index contributed by atoms with van der Waals surface area (Å²) in [5, 5.41) is 10.1. The number of ether oxygens (including phenoxy) is 1. The van der Waals surface area contributed by atoms with Gasteiger partial charge in [0.05, 0.1) is 15.7 Å². The van der Waals surface area contributed by atoms with Gasteiger partial charge in [0, 0.05) is 11.1 Å². The lowest BCUT2D eigenvalue weighted by Crippen LogP contribution is -2.30. The first kappa shape index (κ1) is 18.9. The molecule has 0 aliphatic heterocycles. The maximum atomic E-state index is 12.0. The highest BCUT2D eigenvalue weighted by Gasteiger charge is 2.23. The van der Waals surface area contributed by atoms with Crippen molar-refractivity contribution < 1.29 is 4.74 Å². The number of hydrogen-bond donors (Lipinski definition) is 2. The van der Waals surface area contributed by atoms with Gasteiger partial charge in [-0.2, -0.15) is 0 Å². The van der Waals surface area contributed by atoms with Crippen molar-refractivity contribution in [2.24, 2.45) is 0 Å². The van der Waals surface area contributed by atoms with Crippen LogP contribution in [0, 0.1) is 6.57 Å². The monoisotopic (exact) mass is 432 g/mol. The lowest BCUT2D eigenvalue weighted by Gasteiger charge is -2.12. The van der Waals surface area contributed by atoms with Crippen molar-refractivity contribution in [3.05, 3.63) is 75.9 Å². The van der Waals surface area contributed by atoms with E-state index in [9.17, 15) is 14.4 Å². The maximum absolute atomic E-state index is 12.0.